The molecule has 0 atom stereocenters. The number of pyridine rings is 1. The number of aliphatic hydroxyl groups is 2. The Bertz CT molecular complexity index is 760. The van der Waals surface area contributed by atoms with Crippen LogP contribution in [-0.4, -0.2) is 37.8 Å². The number of alkyl halides is 3. The average Bonchev–Trinajstić information content (AvgIpc) is 3.17. The molecule has 0 saturated heterocycles. The van der Waals surface area contributed by atoms with E-state index in [9.17, 15) is 13.2 Å². The van der Waals surface area contributed by atoms with Crippen LogP contribution in [0.3, 0.4) is 0 Å². The highest BCUT2D eigenvalue weighted by molar-refractivity contribution is 6.30. The Labute approximate surface area is 145 Å². The van der Waals surface area contributed by atoms with Crippen molar-refractivity contribution in [2.24, 2.45) is 5.41 Å². The van der Waals surface area contributed by atoms with E-state index in [0.29, 0.717) is 5.82 Å². The van der Waals surface area contributed by atoms with Crippen LogP contribution in [0, 0.1) is 5.41 Å². The van der Waals surface area contributed by atoms with E-state index in [1.807, 2.05) is 0 Å². The van der Waals surface area contributed by atoms with Gasteiger partial charge in [-0.3, -0.25) is 0 Å². The summed E-state index contributed by atoms with van der Waals surface area (Å²) in [6, 6.07) is 4.36. The molecule has 0 amide bonds. The zero-order valence-electron chi connectivity index (χ0n) is 12.9. The third kappa shape index (κ3) is 3.73. The zero-order chi connectivity index (χ0) is 18.2. The Morgan fingerprint density at radius 2 is 2.00 bits per heavy atom. The number of aliphatic hydroxyl groups excluding tert-OH is 1. The van der Waals surface area contributed by atoms with Gasteiger partial charge >= 0.3 is 6.18 Å². The summed E-state index contributed by atoms with van der Waals surface area (Å²) in [6.07, 6.45) is -4.25. The van der Waals surface area contributed by atoms with Crippen molar-refractivity contribution < 1.29 is 28.1 Å². The molecule has 2 N–H and O–H groups in total. The second-order valence-electron chi connectivity index (χ2n) is 5.90. The summed E-state index contributed by atoms with van der Waals surface area (Å²) in [5.74, 6) is 0.473. The second kappa shape index (κ2) is 6.47. The van der Waals surface area contributed by atoms with Crippen LogP contribution in [0.25, 0.3) is 5.82 Å². The maximum absolute atomic E-state index is 12.8. The van der Waals surface area contributed by atoms with E-state index in [2.05, 4.69) is 10.1 Å². The van der Waals surface area contributed by atoms with Crippen LogP contribution in [0.5, 0.6) is 5.88 Å². The van der Waals surface area contributed by atoms with E-state index in [4.69, 9.17) is 26.6 Å². The third-order valence-corrected chi connectivity index (χ3v) is 4.53. The largest absolute Gasteiger partial charge is 0.477 e. The fourth-order valence-electron chi connectivity index (χ4n) is 2.44. The van der Waals surface area contributed by atoms with Gasteiger partial charge in [-0.25, -0.2) is 9.67 Å². The summed E-state index contributed by atoms with van der Waals surface area (Å²) in [5, 5.41) is 22.2. The quantitative estimate of drug-likeness (QED) is 0.597. The standard InChI is InChI=1S/C15H15ClF3N3O3/c16-12-9(13(23)24)1-2-10(20-12)22-7-3-11(21-22)25-8-6-14(4-5-14)15(17,18)19/h1-3,7,13,23-24H,4-6,8H2. The molecule has 0 unspecified atom stereocenters. The van der Waals surface area contributed by atoms with Gasteiger partial charge in [-0.2, -0.15) is 13.2 Å². The topological polar surface area (TPSA) is 80.4 Å². The molecule has 0 aliphatic heterocycles. The lowest BCUT2D eigenvalue weighted by Gasteiger charge is -2.18. The van der Waals surface area contributed by atoms with Gasteiger partial charge in [0, 0.05) is 17.8 Å². The van der Waals surface area contributed by atoms with E-state index in [1.165, 1.54) is 29.1 Å². The highest BCUT2D eigenvalue weighted by atomic mass is 35.5. The summed E-state index contributed by atoms with van der Waals surface area (Å²) in [7, 11) is 0. The van der Waals surface area contributed by atoms with Crippen molar-refractivity contribution in [1.82, 2.24) is 14.8 Å². The molecule has 0 bridgehead atoms. The smallest absolute Gasteiger partial charge is 0.394 e. The summed E-state index contributed by atoms with van der Waals surface area (Å²) >= 11 is 5.85. The minimum Gasteiger partial charge on any atom is -0.477 e. The highest BCUT2D eigenvalue weighted by Gasteiger charge is 2.62. The molecule has 6 nitrogen and oxygen atoms in total. The van der Waals surface area contributed by atoms with Crippen molar-refractivity contribution in [3.8, 4) is 11.7 Å². The third-order valence-electron chi connectivity index (χ3n) is 4.23. The fourth-order valence-corrected chi connectivity index (χ4v) is 2.69. The SMILES string of the molecule is OC(O)c1ccc(-n2ccc(OCCC3(C(F)(F)F)CC3)n2)nc1Cl. The van der Waals surface area contributed by atoms with Gasteiger partial charge in [-0.1, -0.05) is 11.6 Å². The molecule has 1 saturated carbocycles. The van der Waals surface area contributed by atoms with Gasteiger partial charge < -0.3 is 14.9 Å². The summed E-state index contributed by atoms with van der Waals surface area (Å²) in [6.45, 7) is -0.0830. The lowest BCUT2D eigenvalue weighted by molar-refractivity contribution is -0.190. The molecule has 0 spiro atoms. The van der Waals surface area contributed by atoms with Crippen molar-refractivity contribution in [2.45, 2.75) is 31.7 Å². The summed E-state index contributed by atoms with van der Waals surface area (Å²) < 4.78 is 45.2. The normalized spacial score (nSPS) is 16.3. The fraction of sp³-hybridized carbons (Fsp3) is 0.467. The lowest BCUT2D eigenvalue weighted by atomic mass is 10.0. The number of hydrogen-bond acceptors (Lipinski definition) is 5. The van der Waals surface area contributed by atoms with Gasteiger partial charge in [0.2, 0.25) is 5.88 Å². The van der Waals surface area contributed by atoms with Gasteiger partial charge in [0.05, 0.1) is 12.0 Å². The first-order valence-corrected chi connectivity index (χ1v) is 7.88. The van der Waals surface area contributed by atoms with Gasteiger partial charge in [-0.15, -0.1) is 5.10 Å². The predicted molar refractivity (Wildman–Crippen MR) is 81.4 cm³/mol. The molecule has 2 aromatic heterocycles. The molecule has 2 heterocycles. The minimum absolute atomic E-state index is 0.0518. The first-order valence-electron chi connectivity index (χ1n) is 7.50. The predicted octanol–water partition coefficient (Wildman–Crippen LogP) is 3.02. The second-order valence-corrected chi connectivity index (χ2v) is 6.26. The maximum atomic E-state index is 12.8. The zero-order valence-corrected chi connectivity index (χ0v) is 13.6. The van der Waals surface area contributed by atoms with Crippen molar-refractivity contribution >= 4 is 11.6 Å². The van der Waals surface area contributed by atoms with Crippen molar-refractivity contribution in [1.29, 1.82) is 0 Å². The van der Waals surface area contributed by atoms with Crippen LogP contribution in [-0.2, 0) is 0 Å². The van der Waals surface area contributed by atoms with E-state index >= 15 is 0 Å². The Hall–Kier alpha value is -1.84. The molecule has 25 heavy (non-hydrogen) atoms. The van der Waals surface area contributed by atoms with Gasteiger partial charge in [-0.05, 0) is 31.4 Å². The number of nitrogens with zero attached hydrogens (tertiary/aromatic N) is 3. The first-order chi connectivity index (χ1) is 11.7. The summed E-state index contributed by atoms with van der Waals surface area (Å²) in [5.41, 5.74) is -1.55. The van der Waals surface area contributed by atoms with Gasteiger partial charge in [0.25, 0.3) is 0 Å². The molecule has 136 valence electrons. The Balaban J connectivity index is 1.62. The van der Waals surface area contributed by atoms with Crippen LogP contribution in [0.1, 0.15) is 31.1 Å². The number of rotatable bonds is 6. The number of aromatic nitrogens is 3. The molecule has 0 aromatic carbocycles. The molecule has 1 aliphatic rings. The summed E-state index contributed by atoms with van der Waals surface area (Å²) in [4.78, 5) is 3.98. The molecule has 2 aromatic rings. The lowest BCUT2D eigenvalue weighted by Crippen LogP contribution is -2.26. The number of ether oxygens (including phenoxy) is 1. The molecule has 10 heteroatoms. The molecule has 0 radical (unpaired) electrons. The van der Waals surface area contributed by atoms with E-state index in [-0.39, 0.29) is 42.5 Å². The van der Waals surface area contributed by atoms with Crippen molar-refractivity contribution in [2.75, 3.05) is 6.61 Å². The minimum atomic E-state index is -4.20. The Morgan fingerprint density at radius 1 is 1.28 bits per heavy atom. The van der Waals surface area contributed by atoms with Crippen LogP contribution in [0.2, 0.25) is 5.15 Å². The van der Waals surface area contributed by atoms with Crippen molar-refractivity contribution in [3.63, 3.8) is 0 Å². The number of halogens is 4. The monoisotopic (exact) mass is 377 g/mol. The highest BCUT2D eigenvalue weighted by Crippen LogP contribution is 2.59. The Kier molecular flexibility index (Phi) is 4.65. The number of hydrogen-bond donors (Lipinski definition) is 2. The molecule has 1 aliphatic carbocycles. The average molecular weight is 378 g/mol. The first kappa shape index (κ1) is 18.0. The van der Waals surface area contributed by atoms with Crippen LogP contribution in [0.4, 0.5) is 13.2 Å². The molecular formula is C15H15ClF3N3O3. The van der Waals surface area contributed by atoms with Gasteiger partial charge in [0.1, 0.15) is 5.15 Å². The van der Waals surface area contributed by atoms with Crippen LogP contribution >= 0.6 is 11.6 Å². The van der Waals surface area contributed by atoms with Crippen LogP contribution in [0.15, 0.2) is 24.4 Å². The maximum Gasteiger partial charge on any atom is 0.394 e. The van der Waals surface area contributed by atoms with Gasteiger partial charge in [0.15, 0.2) is 12.1 Å². The van der Waals surface area contributed by atoms with Crippen LogP contribution < -0.4 is 4.74 Å². The van der Waals surface area contributed by atoms with E-state index in [0.717, 1.165) is 0 Å². The molecular weight excluding hydrogens is 363 g/mol. The van der Waals surface area contributed by atoms with E-state index in [1.54, 1.807) is 0 Å². The van der Waals surface area contributed by atoms with Crippen molar-refractivity contribution in [3.05, 3.63) is 35.1 Å². The Morgan fingerprint density at radius 3 is 2.56 bits per heavy atom. The molecule has 3 rings (SSSR count). The van der Waals surface area contributed by atoms with E-state index < -0.39 is 17.9 Å². The molecule has 1 fully saturated rings.